The topological polar surface area (TPSA) is 50.5 Å². The number of hydrogen-bond donors (Lipinski definition) is 2. The van der Waals surface area contributed by atoms with Crippen LogP contribution in [0.25, 0.3) is 0 Å². The molecule has 0 saturated carbocycles. The first-order valence-corrected chi connectivity index (χ1v) is 6.23. The molecule has 1 aromatic carbocycles. The number of hydrogen-bond acceptors (Lipinski definition) is 4. The molecule has 0 unspecified atom stereocenters. The van der Waals surface area contributed by atoms with Crippen LogP contribution in [-0.2, 0) is 6.54 Å². The van der Waals surface area contributed by atoms with E-state index in [4.69, 9.17) is 10.5 Å². The maximum Gasteiger partial charge on any atom is 0.119 e. The fourth-order valence-corrected chi connectivity index (χ4v) is 1.99. The van der Waals surface area contributed by atoms with Crippen molar-refractivity contribution in [1.82, 2.24) is 10.2 Å². The Hall–Kier alpha value is -1.10. The molecule has 1 aliphatic rings. The molecule has 1 heterocycles. The van der Waals surface area contributed by atoms with Gasteiger partial charge in [-0.05, 0) is 17.7 Å². The second-order valence-electron chi connectivity index (χ2n) is 4.29. The van der Waals surface area contributed by atoms with Crippen LogP contribution in [0.1, 0.15) is 5.56 Å². The highest BCUT2D eigenvalue weighted by Gasteiger charge is 2.08. The first-order valence-electron chi connectivity index (χ1n) is 6.23. The van der Waals surface area contributed by atoms with Gasteiger partial charge >= 0.3 is 0 Å². The van der Waals surface area contributed by atoms with Gasteiger partial charge in [0.1, 0.15) is 12.4 Å². The molecule has 0 spiro atoms. The molecule has 3 N–H and O–H groups in total. The Morgan fingerprint density at radius 3 is 2.88 bits per heavy atom. The van der Waals surface area contributed by atoms with E-state index in [1.54, 1.807) is 0 Å². The Labute approximate surface area is 103 Å². The third-order valence-electron chi connectivity index (χ3n) is 3.02. The molecule has 2 rings (SSSR count). The Balaban J connectivity index is 1.73. The highest BCUT2D eigenvalue weighted by Crippen LogP contribution is 2.12. The number of nitrogens with one attached hydrogen (secondary N) is 1. The van der Waals surface area contributed by atoms with Crippen LogP contribution in [0.5, 0.6) is 5.75 Å². The fraction of sp³-hybridized carbons (Fsp3) is 0.538. The summed E-state index contributed by atoms with van der Waals surface area (Å²) in [5.41, 5.74) is 6.71. The quantitative estimate of drug-likeness (QED) is 0.777. The number of ether oxygens (including phenoxy) is 1. The zero-order valence-corrected chi connectivity index (χ0v) is 10.2. The van der Waals surface area contributed by atoms with Gasteiger partial charge in [0.25, 0.3) is 0 Å². The van der Waals surface area contributed by atoms with Crippen LogP contribution in [0, 0.1) is 0 Å². The zero-order chi connectivity index (χ0) is 11.9. The van der Waals surface area contributed by atoms with Crippen LogP contribution in [0.2, 0.25) is 0 Å². The van der Waals surface area contributed by atoms with E-state index in [1.807, 2.05) is 24.3 Å². The molecule has 0 atom stereocenters. The van der Waals surface area contributed by atoms with Crippen molar-refractivity contribution in [3.05, 3.63) is 29.8 Å². The van der Waals surface area contributed by atoms with Crippen molar-refractivity contribution in [2.75, 3.05) is 39.3 Å². The van der Waals surface area contributed by atoms with Crippen molar-refractivity contribution in [1.29, 1.82) is 0 Å². The maximum absolute atomic E-state index is 5.73. The summed E-state index contributed by atoms with van der Waals surface area (Å²) in [6.45, 7) is 6.71. The molecule has 1 aliphatic heterocycles. The lowest BCUT2D eigenvalue weighted by Gasteiger charge is -2.26. The summed E-state index contributed by atoms with van der Waals surface area (Å²) in [7, 11) is 0. The van der Waals surface area contributed by atoms with Crippen molar-refractivity contribution >= 4 is 0 Å². The minimum Gasteiger partial charge on any atom is -0.492 e. The molecule has 4 nitrogen and oxygen atoms in total. The minimum atomic E-state index is 0.564. The van der Waals surface area contributed by atoms with Gasteiger partial charge in [-0.2, -0.15) is 0 Å². The van der Waals surface area contributed by atoms with Crippen molar-refractivity contribution in [2.45, 2.75) is 6.54 Å². The van der Waals surface area contributed by atoms with Gasteiger partial charge in [0.05, 0.1) is 0 Å². The molecule has 1 fully saturated rings. The van der Waals surface area contributed by atoms with Gasteiger partial charge in [0.2, 0.25) is 0 Å². The normalized spacial score (nSPS) is 17.0. The summed E-state index contributed by atoms with van der Waals surface area (Å²) in [6.07, 6.45) is 0. The zero-order valence-electron chi connectivity index (χ0n) is 10.2. The largest absolute Gasteiger partial charge is 0.492 e. The Kier molecular flexibility index (Phi) is 4.79. The molecule has 0 amide bonds. The highest BCUT2D eigenvalue weighted by atomic mass is 16.5. The molecular weight excluding hydrogens is 214 g/mol. The van der Waals surface area contributed by atoms with Crippen molar-refractivity contribution < 1.29 is 4.74 Å². The lowest BCUT2D eigenvalue weighted by molar-refractivity contribution is 0.191. The van der Waals surface area contributed by atoms with E-state index in [9.17, 15) is 0 Å². The van der Waals surface area contributed by atoms with Gasteiger partial charge in [-0.3, -0.25) is 4.90 Å². The predicted octanol–water partition coefficient (Wildman–Crippen LogP) is 0.429. The Bertz CT molecular complexity index is 337. The molecule has 4 heteroatoms. The smallest absolute Gasteiger partial charge is 0.119 e. The lowest BCUT2D eigenvalue weighted by Crippen LogP contribution is -2.44. The summed E-state index contributed by atoms with van der Waals surface area (Å²) >= 11 is 0. The summed E-state index contributed by atoms with van der Waals surface area (Å²) < 4.78 is 5.73. The van der Waals surface area contributed by atoms with Crippen LogP contribution in [0.15, 0.2) is 24.3 Å². The fourth-order valence-electron chi connectivity index (χ4n) is 1.99. The van der Waals surface area contributed by atoms with Crippen LogP contribution in [-0.4, -0.2) is 44.2 Å². The van der Waals surface area contributed by atoms with Crippen molar-refractivity contribution in [3.63, 3.8) is 0 Å². The monoisotopic (exact) mass is 235 g/mol. The van der Waals surface area contributed by atoms with E-state index in [0.717, 1.165) is 50.6 Å². The van der Waals surface area contributed by atoms with Gasteiger partial charge in [0.15, 0.2) is 0 Å². The molecule has 17 heavy (non-hydrogen) atoms. The van der Waals surface area contributed by atoms with Crippen LogP contribution in [0.3, 0.4) is 0 Å². The van der Waals surface area contributed by atoms with E-state index in [1.165, 1.54) is 0 Å². The van der Waals surface area contributed by atoms with Gasteiger partial charge < -0.3 is 15.8 Å². The third kappa shape index (κ3) is 4.00. The van der Waals surface area contributed by atoms with E-state index >= 15 is 0 Å². The second kappa shape index (κ2) is 6.59. The van der Waals surface area contributed by atoms with E-state index in [0.29, 0.717) is 6.54 Å². The van der Waals surface area contributed by atoms with Crippen molar-refractivity contribution in [2.24, 2.45) is 5.73 Å². The molecule has 94 valence electrons. The van der Waals surface area contributed by atoms with Gasteiger partial charge in [-0.1, -0.05) is 12.1 Å². The first-order chi connectivity index (χ1) is 8.38. The number of nitrogens with two attached hydrogens (primary N) is 1. The minimum absolute atomic E-state index is 0.564. The molecule has 0 aromatic heterocycles. The number of rotatable bonds is 5. The molecule has 0 radical (unpaired) electrons. The second-order valence-corrected chi connectivity index (χ2v) is 4.29. The van der Waals surface area contributed by atoms with Gasteiger partial charge in [-0.25, -0.2) is 0 Å². The Morgan fingerprint density at radius 1 is 1.29 bits per heavy atom. The standard InChI is InChI=1S/C13H21N3O/c14-11-12-2-1-3-13(10-12)17-9-8-16-6-4-15-5-7-16/h1-3,10,15H,4-9,11,14H2. The van der Waals surface area contributed by atoms with Crippen LogP contribution >= 0.6 is 0 Å². The highest BCUT2D eigenvalue weighted by molar-refractivity contribution is 5.28. The molecule has 1 aromatic rings. The predicted molar refractivity (Wildman–Crippen MR) is 69.1 cm³/mol. The molecular formula is C13H21N3O. The summed E-state index contributed by atoms with van der Waals surface area (Å²) in [6, 6.07) is 8.00. The lowest BCUT2D eigenvalue weighted by atomic mass is 10.2. The van der Waals surface area contributed by atoms with Crippen LogP contribution < -0.4 is 15.8 Å². The average Bonchev–Trinajstić information content (AvgIpc) is 2.40. The molecule has 0 bridgehead atoms. The van der Waals surface area contributed by atoms with E-state index < -0.39 is 0 Å². The Morgan fingerprint density at radius 2 is 2.12 bits per heavy atom. The summed E-state index contributed by atoms with van der Waals surface area (Å²) in [5, 5.41) is 3.34. The third-order valence-corrected chi connectivity index (χ3v) is 3.02. The van der Waals surface area contributed by atoms with Crippen LogP contribution in [0.4, 0.5) is 0 Å². The maximum atomic E-state index is 5.73. The van der Waals surface area contributed by atoms with E-state index in [-0.39, 0.29) is 0 Å². The summed E-state index contributed by atoms with van der Waals surface area (Å²) in [4.78, 5) is 2.42. The van der Waals surface area contributed by atoms with Crippen molar-refractivity contribution in [3.8, 4) is 5.75 Å². The summed E-state index contributed by atoms with van der Waals surface area (Å²) in [5.74, 6) is 0.920. The number of benzene rings is 1. The first kappa shape index (κ1) is 12.4. The number of nitrogens with zero attached hydrogens (tertiary/aromatic N) is 1. The average molecular weight is 235 g/mol. The van der Waals surface area contributed by atoms with Gasteiger partial charge in [-0.15, -0.1) is 0 Å². The van der Waals surface area contributed by atoms with E-state index in [2.05, 4.69) is 10.2 Å². The van der Waals surface area contributed by atoms with Gasteiger partial charge in [0, 0.05) is 39.3 Å². The number of piperazine rings is 1. The SMILES string of the molecule is NCc1cccc(OCCN2CCNCC2)c1. The molecule has 1 saturated heterocycles. The molecule has 0 aliphatic carbocycles.